The van der Waals surface area contributed by atoms with E-state index < -0.39 is 55.1 Å². The number of rotatable bonds is 17. The molecule has 0 heterocycles. The van der Waals surface area contributed by atoms with Crippen molar-refractivity contribution in [3.05, 3.63) is 0 Å². The van der Waals surface area contributed by atoms with Crippen molar-refractivity contribution in [1.82, 2.24) is 0 Å². The van der Waals surface area contributed by atoms with E-state index in [0.717, 1.165) is 0 Å². The maximum absolute atomic E-state index is 12.0. The maximum atomic E-state index is 12.0. The predicted octanol–water partition coefficient (Wildman–Crippen LogP) is 1.01. The summed E-state index contributed by atoms with van der Waals surface area (Å²) in [4.78, 5) is 69.6. The molecule has 0 aliphatic heterocycles. The Morgan fingerprint density at radius 2 is 0.727 bits per heavy atom. The van der Waals surface area contributed by atoms with Crippen molar-refractivity contribution in [2.45, 2.75) is 65.4 Å². The molecule has 33 heavy (non-hydrogen) atoms. The molecular formula is C21H32O12. The topological polar surface area (TPSA) is 158 Å². The van der Waals surface area contributed by atoms with Gasteiger partial charge in [0.1, 0.15) is 13.2 Å². The zero-order valence-electron chi connectivity index (χ0n) is 19.3. The van der Waals surface area contributed by atoms with Gasteiger partial charge in [-0.2, -0.15) is 0 Å². The number of ether oxygens (including phenoxy) is 6. The monoisotopic (exact) mass is 476 g/mol. The van der Waals surface area contributed by atoms with Gasteiger partial charge in [0.05, 0.1) is 58.3 Å². The van der Waals surface area contributed by atoms with Gasteiger partial charge < -0.3 is 28.4 Å². The van der Waals surface area contributed by atoms with Crippen LogP contribution in [0, 0.1) is 0 Å². The molecular weight excluding hydrogens is 444 g/mol. The third-order valence-corrected chi connectivity index (χ3v) is 3.67. The zero-order valence-corrected chi connectivity index (χ0v) is 19.3. The molecule has 0 bridgehead atoms. The van der Waals surface area contributed by atoms with Crippen LogP contribution in [0.25, 0.3) is 0 Å². The van der Waals surface area contributed by atoms with Crippen molar-refractivity contribution in [3.8, 4) is 0 Å². The van der Waals surface area contributed by atoms with Gasteiger partial charge in [0.25, 0.3) is 0 Å². The van der Waals surface area contributed by atoms with Crippen molar-refractivity contribution in [2.75, 3.05) is 33.0 Å². The second-order valence-corrected chi connectivity index (χ2v) is 6.39. The molecule has 0 saturated heterocycles. The Hall–Kier alpha value is -3.18. The van der Waals surface area contributed by atoms with E-state index in [-0.39, 0.29) is 58.3 Å². The Labute approximate surface area is 192 Å². The second-order valence-electron chi connectivity index (χ2n) is 6.39. The van der Waals surface area contributed by atoms with E-state index in [2.05, 4.69) is 0 Å². The molecule has 0 saturated carbocycles. The smallest absolute Gasteiger partial charge is 0.306 e. The minimum atomic E-state index is -1.15. The van der Waals surface area contributed by atoms with Crippen LogP contribution in [0.3, 0.4) is 0 Å². The lowest BCUT2D eigenvalue weighted by Gasteiger charge is -2.18. The summed E-state index contributed by atoms with van der Waals surface area (Å²) < 4.78 is 29.2. The molecule has 0 fully saturated rings. The standard InChI is InChI=1S/C21H32O12/c1-4-28-16(22)7-9-19(25)31-13-15(33-21(27)12-11-18(24)30-6-3)14-32-20(26)10-8-17(23)29-5-2/h15H,4-14H2,1-3H3. The van der Waals surface area contributed by atoms with Gasteiger partial charge in [0.2, 0.25) is 0 Å². The van der Waals surface area contributed by atoms with Crippen LogP contribution in [0.4, 0.5) is 0 Å². The Balaban J connectivity index is 4.67. The average molecular weight is 476 g/mol. The lowest BCUT2D eigenvalue weighted by atomic mass is 10.3. The summed E-state index contributed by atoms with van der Waals surface area (Å²) in [5, 5.41) is 0. The average Bonchev–Trinajstić information content (AvgIpc) is 2.77. The molecule has 0 aliphatic rings. The van der Waals surface area contributed by atoms with Crippen LogP contribution < -0.4 is 0 Å². The van der Waals surface area contributed by atoms with Crippen molar-refractivity contribution in [2.24, 2.45) is 0 Å². The molecule has 0 amide bonds. The highest BCUT2D eigenvalue weighted by Gasteiger charge is 2.21. The summed E-state index contributed by atoms with van der Waals surface area (Å²) in [6, 6.07) is 0. The molecule has 0 aromatic carbocycles. The Kier molecular flexibility index (Phi) is 16.6. The van der Waals surface area contributed by atoms with Gasteiger partial charge >= 0.3 is 35.8 Å². The first-order valence-corrected chi connectivity index (χ1v) is 10.7. The number of hydrogen-bond donors (Lipinski definition) is 0. The summed E-state index contributed by atoms with van der Waals surface area (Å²) in [6.07, 6.45) is -2.51. The first kappa shape index (κ1) is 29.8. The van der Waals surface area contributed by atoms with E-state index in [1.54, 1.807) is 20.8 Å². The molecule has 12 nitrogen and oxygen atoms in total. The van der Waals surface area contributed by atoms with Gasteiger partial charge in [-0.15, -0.1) is 0 Å². The fourth-order valence-electron chi connectivity index (χ4n) is 2.19. The van der Waals surface area contributed by atoms with Gasteiger partial charge in [0, 0.05) is 0 Å². The molecule has 0 rings (SSSR count). The first-order chi connectivity index (χ1) is 15.7. The fourth-order valence-corrected chi connectivity index (χ4v) is 2.19. The molecule has 0 aromatic heterocycles. The first-order valence-electron chi connectivity index (χ1n) is 10.7. The third kappa shape index (κ3) is 17.1. The van der Waals surface area contributed by atoms with E-state index in [1.165, 1.54) is 0 Å². The summed E-state index contributed by atoms with van der Waals surface area (Å²) in [5.74, 6) is -3.99. The number of esters is 6. The molecule has 0 N–H and O–H groups in total. The molecule has 188 valence electrons. The molecule has 0 aromatic rings. The van der Waals surface area contributed by atoms with Crippen LogP contribution in [0.2, 0.25) is 0 Å². The van der Waals surface area contributed by atoms with Crippen LogP contribution in [-0.4, -0.2) is 75.0 Å². The summed E-state index contributed by atoms with van der Waals surface area (Å²) in [6.45, 7) is 4.52. The van der Waals surface area contributed by atoms with Crippen molar-refractivity contribution in [1.29, 1.82) is 0 Å². The van der Waals surface area contributed by atoms with Gasteiger partial charge in [-0.3, -0.25) is 28.8 Å². The van der Waals surface area contributed by atoms with Crippen LogP contribution >= 0.6 is 0 Å². The van der Waals surface area contributed by atoms with Crippen LogP contribution in [0.1, 0.15) is 59.3 Å². The van der Waals surface area contributed by atoms with E-state index >= 15 is 0 Å². The Morgan fingerprint density at radius 1 is 0.455 bits per heavy atom. The van der Waals surface area contributed by atoms with Gasteiger partial charge in [-0.05, 0) is 20.8 Å². The lowest BCUT2D eigenvalue weighted by molar-refractivity contribution is -0.168. The zero-order chi connectivity index (χ0) is 25.1. The molecule has 0 spiro atoms. The number of carbonyl (C=O) groups excluding carboxylic acids is 6. The quantitative estimate of drug-likeness (QED) is 0.217. The van der Waals surface area contributed by atoms with Gasteiger partial charge in [-0.1, -0.05) is 0 Å². The summed E-state index contributed by atoms with van der Waals surface area (Å²) >= 11 is 0. The number of carbonyl (C=O) groups is 6. The predicted molar refractivity (Wildman–Crippen MR) is 109 cm³/mol. The molecule has 12 heteroatoms. The Bertz CT molecular complexity index is 620. The van der Waals surface area contributed by atoms with Gasteiger partial charge in [-0.25, -0.2) is 0 Å². The molecule has 0 radical (unpaired) electrons. The third-order valence-electron chi connectivity index (χ3n) is 3.67. The highest BCUT2D eigenvalue weighted by Crippen LogP contribution is 2.05. The maximum Gasteiger partial charge on any atom is 0.306 e. The SMILES string of the molecule is CCOC(=O)CCC(=O)OCC(COC(=O)CCC(=O)OCC)OC(=O)CCC(=O)OCC. The lowest BCUT2D eigenvalue weighted by Crippen LogP contribution is -2.31. The summed E-state index contributed by atoms with van der Waals surface area (Å²) in [7, 11) is 0. The van der Waals surface area contributed by atoms with Gasteiger partial charge in [0.15, 0.2) is 6.10 Å². The van der Waals surface area contributed by atoms with Crippen LogP contribution in [-0.2, 0) is 57.2 Å². The molecule has 0 unspecified atom stereocenters. The normalized spacial score (nSPS) is 10.2. The molecule has 0 aliphatic carbocycles. The van der Waals surface area contributed by atoms with E-state index in [9.17, 15) is 28.8 Å². The summed E-state index contributed by atoms with van der Waals surface area (Å²) in [5.41, 5.74) is 0. The minimum Gasteiger partial charge on any atom is -0.466 e. The van der Waals surface area contributed by atoms with Crippen molar-refractivity contribution in [3.63, 3.8) is 0 Å². The van der Waals surface area contributed by atoms with Crippen LogP contribution in [0.15, 0.2) is 0 Å². The van der Waals surface area contributed by atoms with E-state index in [4.69, 9.17) is 28.4 Å². The number of hydrogen-bond acceptors (Lipinski definition) is 12. The Morgan fingerprint density at radius 3 is 1.03 bits per heavy atom. The van der Waals surface area contributed by atoms with E-state index in [0.29, 0.717) is 0 Å². The molecule has 0 atom stereocenters. The highest BCUT2D eigenvalue weighted by molar-refractivity contribution is 5.79. The van der Waals surface area contributed by atoms with Crippen molar-refractivity contribution < 1.29 is 57.2 Å². The van der Waals surface area contributed by atoms with Crippen LogP contribution in [0.5, 0.6) is 0 Å². The second kappa shape index (κ2) is 18.4. The minimum absolute atomic E-state index is 0.167. The fraction of sp³-hybridized carbons (Fsp3) is 0.714. The highest BCUT2D eigenvalue weighted by atomic mass is 16.6. The van der Waals surface area contributed by atoms with Crippen molar-refractivity contribution >= 4 is 35.8 Å². The van der Waals surface area contributed by atoms with E-state index in [1.807, 2.05) is 0 Å². The largest absolute Gasteiger partial charge is 0.466 e.